The number of nitrogens with one attached hydrogen (secondary N) is 1. The predicted octanol–water partition coefficient (Wildman–Crippen LogP) is 3.21. The molecule has 7 heteroatoms. The topological polar surface area (TPSA) is 89.5 Å². The predicted molar refractivity (Wildman–Crippen MR) is 107 cm³/mol. The SMILES string of the molecule is CC[C@@H](C)c1ccc(C(=O)COC(=O)CNS(=O)(=O)c2ccc(C)cc2)cc1. The van der Waals surface area contributed by atoms with Gasteiger partial charge in [-0.3, -0.25) is 9.59 Å². The average molecular weight is 404 g/mol. The molecule has 0 aliphatic heterocycles. The lowest BCUT2D eigenvalue weighted by Gasteiger charge is -2.10. The molecule has 2 aromatic rings. The van der Waals surface area contributed by atoms with Crippen molar-refractivity contribution in [1.82, 2.24) is 4.72 Å². The molecule has 0 aromatic heterocycles. The summed E-state index contributed by atoms with van der Waals surface area (Å²) >= 11 is 0. The Morgan fingerprint density at radius 3 is 2.21 bits per heavy atom. The number of Topliss-reactive ketones (excluding diaryl/α,β-unsaturated/α-hetero) is 1. The van der Waals surface area contributed by atoms with Gasteiger partial charge in [-0.1, -0.05) is 55.8 Å². The van der Waals surface area contributed by atoms with Crippen molar-refractivity contribution < 1.29 is 22.7 Å². The van der Waals surface area contributed by atoms with Crippen LogP contribution < -0.4 is 4.72 Å². The third-order valence-corrected chi connectivity index (χ3v) is 5.93. The highest BCUT2D eigenvalue weighted by atomic mass is 32.2. The molecule has 0 saturated heterocycles. The molecule has 1 atom stereocenters. The quantitative estimate of drug-likeness (QED) is 0.513. The van der Waals surface area contributed by atoms with Crippen LogP contribution in [0.15, 0.2) is 53.4 Å². The first-order valence-corrected chi connectivity index (χ1v) is 10.6. The average Bonchev–Trinajstić information content (AvgIpc) is 2.70. The van der Waals surface area contributed by atoms with E-state index in [0.717, 1.165) is 17.5 Å². The number of carbonyl (C=O) groups is 2. The van der Waals surface area contributed by atoms with Gasteiger partial charge >= 0.3 is 5.97 Å². The number of ether oxygens (including phenoxy) is 1. The van der Waals surface area contributed by atoms with Crippen LogP contribution in [0, 0.1) is 6.92 Å². The van der Waals surface area contributed by atoms with Crippen LogP contribution in [0.4, 0.5) is 0 Å². The van der Waals surface area contributed by atoms with Gasteiger partial charge in [-0.25, -0.2) is 8.42 Å². The molecule has 0 aliphatic rings. The zero-order valence-corrected chi connectivity index (χ0v) is 17.1. The number of benzene rings is 2. The Kier molecular flexibility index (Phi) is 7.48. The van der Waals surface area contributed by atoms with Crippen molar-refractivity contribution in [3.63, 3.8) is 0 Å². The van der Waals surface area contributed by atoms with Gasteiger partial charge in [0.25, 0.3) is 0 Å². The second-order valence-corrected chi connectivity index (χ2v) is 8.42. The fourth-order valence-electron chi connectivity index (χ4n) is 2.47. The summed E-state index contributed by atoms with van der Waals surface area (Å²) in [6.45, 7) is 5.06. The van der Waals surface area contributed by atoms with E-state index >= 15 is 0 Å². The molecule has 2 aromatic carbocycles. The Bertz CT molecular complexity index is 918. The van der Waals surface area contributed by atoms with Crippen molar-refractivity contribution in [2.45, 2.75) is 38.0 Å². The molecule has 0 spiro atoms. The Hall–Kier alpha value is -2.51. The summed E-state index contributed by atoms with van der Waals surface area (Å²) in [5.41, 5.74) is 2.51. The maximum Gasteiger partial charge on any atom is 0.321 e. The van der Waals surface area contributed by atoms with Crippen LogP contribution in [0.5, 0.6) is 0 Å². The summed E-state index contributed by atoms with van der Waals surface area (Å²) in [5.74, 6) is -0.755. The minimum absolute atomic E-state index is 0.0587. The normalized spacial score (nSPS) is 12.4. The van der Waals surface area contributed by atoms with Gasteiger partial charge in [-0.05, 0) is 37.0 Å². The molecule has 0 fully saturated rings. The van der Waals surface area contributed by atoms with E-state index in [4.69, 9.17) is 4.74 Å². The molecular weight excluding hydrogens is 378 g/mol. The Labute approximate surface area is 166 Å². The number of sulfonamides is 1. The zero-order valence-electron chi connectivity index (χ0n) is 16.3. The summed E-state index contributed by atoms with van der Waals surface area (Å²) in [6, 6.07) is 13.4. The molecule has 0 heterocycles. The van der Waals surface area contributed by atoms with Gasteiger partial charge in [0.1, 0.15) is 6.54 Å². The van der Waals surface area contributed by atoms with Crippen LogP contribution in [0.2, 0.25) is 0 Å². The monoisotopic (exact) mass is 403 g/mol. The highest BCUT2D eigenvalue weighted by Gasteiger charge is 2.17. The molecule has 0 radical (unpaired) electrons. The third-order valence-electron chi connectivity index (χ3n) is 4.52. The van der Waals surface area contributed by atoms with Gasteiger partial charge in [0.05, 0.1) is 4.90 Å². The molecule has 0 bridgehead atoms. The number of aryl methyl sites for hydroxylation is 1. The second-order valence-electron chi connectivity index (χ2n) is 6.65. The van der Waals surface area contributed by atoms with Crippen molar-refractivity contribution >= 4 is 21.8 Å². The first-order chi connectivity index (χ1) is 13.2. The number of ketones is 1. The minimum Gasteiger partial charge on any atom is -0.456 e. The fourth-order valence-corrected chi connectivity index (χ4v) is 3.44. The lowest BCUT2D eigenvalue weighted by molar-refractivity contribution is -0.141. The Morgan fingerprint density at radius 1 is 1.04 bits per heavy atom. The number of carbonyl (C=O) groups excluding carboxylic acids is 2. The summed E-state index contributed by atoms with van der Waals surface area (Å²) < 4.78 is 31.3. The van der Waals surface area contributed by atoms with Crippen molar-refractivity contribution in [3.8, 4) is 0 Å². The van der Waals surface area contributed by atoms with Crippen molar-refractivity contribution in [1.29, 1.82) is 0 Å². The van der Waals surface area contributed by atoms with E-state index in [1.54, 1.807) is 24.3 Å². The van der Waals surface area contributed by atoms with Gasteiger partial charge in [-0.2, -0.15) is 4.72 Å². The minimum atomic E-state index is -3.81. The molecule has 0 saturated carbocycles. The van der Waals surface area contributed by atoms with Crippen LogP contribution in [-0.4, -0.2) is 33.3 Å². The fraction of sp³-hybridized carbons (Fsp3) is 0.333. The van der Waals surface area contributed by atoms with Crippen molar-refractivity contribution in [3.05, 3.63) is 65.2 Å². The Morgan fingerprint density at radius 2 is 1.64 bits per heavy atom. The molecule has 0 unspecified atom stereocenters. The molecule has 28 heavy (non-hydrogen) atoms. The summed E-state index contributed by atoms with van der Waals surface area (Å²) in [7, 11) is -3.81. The van der Waals surface area contributed by atoms with Crippen LogP contribution in [0.3, 0.4) is 0 Å². The number of esters is 1. The van der Waals surface area contributed by atoms with Crippen LogP contribution >= 0.6 is 0 Å². The molecule has 0 aliphatic carbocycles. The zero-order chi connectivity index (χ0) is 20.7. The summed E-state index contributed by atoms with van der Waals surface area (Å²) in [4.78, 5) is 24.0. The van der Waals surface area contributed by atoms with E-state index in [9.17, 15) is 18.0 Å². The maximum atomic E-state index is 12.1. The number of rotatable bonds is 9. The van der Waals surface area contributed by atoms with Gasteiger partial charge < -0.3 is 4.74 Å². The van der Waals surface area contributed by atoms with E-state index in [1.165, 1.54) is 12.1 Å². The van der Waals surface area contributed by atoms with Crippen molar-refractivity contribution in [2.75, 3.05) is 13.2 Å². The summed E-state index contributed by atoms with van der Waals surface area (Å²) in [6.07, 6.45) is 1.00. The summed E-state index contributed by atoms with van der Waals surface area (Å²) in [5, 5.41) is 0. The number of hydrogen-bond donors (Lipinski definition) is 1. The van der Waals surface area contributed by atoms with E-state index < -0.39 is 29.1 Å². The van der Waals surface area contributed by atoms with Gasteiger partial charge in [-0.15, -0.1) is 0 Å². The van der Waals surface area contributed by atoms with Crippen molar-refractivity contribution in [2.24, 2.45) is 0 Å². The number of hydrogen-bond acceptors (Lipinski definition) is 5. The lowest BCUT2D eigenvalue weighted by Crippen LogP contribution is -2.31. The van der Waals surface area contributed by atoms with E-state index in [-0.39, 0.29) is 10.7 Å². The molecule has 150 valence electrons. The van der Waals surface area contributed by atoms with Crippen LogP contribution in [0.25, 0.3) is 0 Å². The van der Waals surface area contributed by atoms with E-state index in [0.29, 0.717) is 11.5 Å². The highest BCUT2D eigenvalue weighted by molar-refractivity contribution is 7.89. The van der Waals surface area contributed by atoms with Crippen LogP contribution in [-0.2, 0) is 19.6 Å². The first kappa shape index (κ1) is 21.8. The van der Waals surface area contributed by atoms with Gasteiger partial charge in [0.2, 0.25) is 10.0 Å². The molecule has 6 nitrogen and oxygen atoms in total. The van der Waals surface area contributed by atoms with E-state index in [1.807, 2.05) is 19.1 Å². The molecular formula is C21H25NO5S. The third kappa shape index (κ3) is 6.00. The molecule has 1 N–H and O–H groups in total. The Balaban J connectivity index is 1.84. The van der Waals surface area contributed by atoms with Gasteiger partial charge in [0.15, 0.2) is 12.4 Å². The van der Waals surface area contributed by atoms with E-state index in [2.05, 4.69) is 18.6 Å². The highest BCUT2D eigenvalue weighted by Crippen LogP contribution is 2.19. The van der Waals surface area contributed by atoms with Gasteiger partial charge in [0, 0.05) is 5.56 Å². The standard InChI is InChI=1S/C21H25NO5S/c1-4-16(3)17-7-9-18(10-8-17)20(23)14-27-21(24)13-22-28(25,26)19-11-5-15(2)6-12-19/h5-12,16,22H,4,13-14H2,1-3H3/t16-/m1/s1. The lowest BCUT2D eigenvalue weighted by atomic mass is 9.97. The smallest absolute Gasteiger partial charge is 0.321 e. The second kappa shape index (κ2) is 9.61. The first-order valence-electron chi connectivity index (χ1n) is 9.08. The largest absolute Gasteiger partial charge is 0.456 e. The maximum absolute atomic E-state index is 12.1. The molecule has 2 rings (SSSR count). The van der Waals surface area contributed by atoms with Crippen LogP contribution in [0.1, 0.15) is 47.7 Å². The molecule has 0 amide bonds.